The largest absolute Gasteiger partial charge is 0.497 e. The van der Waals surface area contributed by atoms with Crippen molar-refractivity contribution in [2.75, 3.05) is 33.5 Å². The third kappa shape index (κ3) is 6.56. The maximum Gasteiger partial charge on any atom is 0.330 e. The Morgan fingerprint density at radius 1 is 0.638 bits per heavy atom. The van der Waals surface area contributed by atoms with E-state index in [1.54, 1.807) is 7.11 Å². The summed E-state index contributed by atoms with van der Waals surface area (Å²) < 4.78 is 27.4. The van der Waals surface area contributed by atoms with E-state index < -0.39 is 11.9 Å². The van der Waals surface area contributed by atoms with Crippen molar-refractivity contribution in [1.82, 2.24) is 0 Å². The lowest BCUT2D eigenvalue weighted by molar-refractivity contribution is -0.139. The second-order valence-electron chi connectivity index (χ2n) is 11.3. The molecule has 0 fully saturated rings. The average molecular weight is 629 g/mol. The number of carbonyl (C=O) groups excluding carboxylic acids is 2. The molecule has 0 unspecified atom stereocenters. The Morgan fingerprint density at radius 3 is 1.64 bits per heavy atom. The molecule has 0 radical (unpaired) electrons. The van der Waals surface area contributed by atoms with E-state index in [2.05, 4.69) is 73.8 Å². The highest BCUT2D eigenvalue weighted by atomic mass is 16.6. The van der Waals surface area contributed by atoms with Gasteiger partial charge in [0.2, 0.25) is 0 Å². The summed E-state index contributed by atoms with van der Waals surface area (Å²) in [5, 5.41) is 4.31. The Kier molecular flexibility index (Phi) is 9.25. The van der Waals surface area contributed by atoms with E-state index in [0.717, 1.165) is 52.3 Å². The lowest BCUT2D eigenvalue weighted by Gasteiger charge is -2.33. The standard InChI is InChI=1S/C40H36O7/c1-4-38(41)46-20-18-44-35-14-9-28-22-32(11-6-30(28)24-35)40(17-16-27-8-13-34(43-3)26-37(27)40)33-12-7-31-25-36(15-10-29(31)23-33)45-19-21-47-39(42)5-2/h4-15,22-26H,1-2,16-21H2,3H3. The van der Waals surface area contributed by atoms with Gasteiger partial charge in [0.15, 0.2) is 0 Å². The van der Waals surface area contributed by atoms with Gasteiger partial charge in [-0.2, -0.15) is 0 Å². The molecule has 0 aromatic heterocycles. The Morgan fingerprint density at radius 2 is 1.13 bits per heavy atom. The second kappa shape index (κ2) is 13.8. The molecule has 7 heteroatoms. The number of carbonyl (C=O) groups is 2. The van der Waals surface area contributed by atoms with E-state index in [9.17, 15) is 9.59 Å². The predicted molar refractivity (Wildman–Crippen MR) is 182 cm³/mol. The number of methoxy groups -OCH3 is 1. The lowest BCUT2D eigenvalue weighted by atomic mass is 9.69. The fraction of sp³-hybridized carbons (Fsp3) is 0.200. The van der Waals surface area contributed by atoms with Gasteiger partial charge in [-0.05, 0) is 105 Å². The Labute approximate surface area is 274 Å². The zero-order valence-electron chi connectivity index (χ0n) is 26.3. The summed E-state index contributed by atoms with van der Waals surface area (Å²) in [7, 11) is 1.70. The zero-order valence-corrected chi connectivity index (χ0v) is 26.3. The number of hydrogen-bond acceptors (Lipinski definition) is 7. The SMILES string of the molecule is C=CC(=O)OCCOc1ccc2cc(C3(c4ccc5cc(OCCOC(=O)C=C)ccc5c4)CCc4ccc(OC)cc43)ccc2c1. The number of benzene rings is 5. The van der Waals surface area contributed by atoms with Crippen LogP contribution in [0.1, 0.15) is 28.7 Å². The van der Waals surface area contributed by atoms with Crippen molar-refractivity contribution in [2.24, 2.45) is 0 Å². The minimum absolute atomic E-state index is 0.153. The summed E-state index contributed by atoms with van der Waals surface area (Å²) in [6, 6.07) is 31.7. The molecule has 0 atom stereocenters. The maximum absolute atomic E-state index is 11.3. The molecule has 0 N–H and O–H groups in total. The van der Waals surface area contributed by atoms with Crippen molar-refractivity contribution in [1.29, 1.82) is 0 Å². The first-order valence-corrected chi connectivity index (χ1v) is 15.5. The Balaban J connectivity index is 1.33. The summed E-state index contributed by atoms with van der Waals surface area (Å²) in [5.41, 5.74) is 4.58. The van der Waals surface area contributed by atoms with Gasteiger partial charge in [-0.15, -0.1) is 0 Å². The molecule has 0 heterocycles. The number of hydrogen-bond donors (Lipinski definition) is 0. The van der Waals surface area contributed by atoms with Crippen LogP contribution in [0.5, 0.6) is 17.2 Å². The molecule has 238 valence electrons. The number of esters is 2. The molecular formula is C40H36O7. The highest BCUT2D eigenvalue weighted by Gasteiger charge is 2.42. The first-order valence-electron chi connectivity index (χ1n) is 15.5. The Bertz CT molecular complexity index is 1860. The second-order valence-corrected chi connectivity index (χ2v) is 11.3. The maximum atomic E-state index is 11.3. The van der Waals surface area contributed by atoms with E-state index in [-0.39, 0.29) is 31.8 Å². The average Bonchev–Trinajstić information content (AvgIpc) is 3.50. The van der Waals surface area contributed by atoms with Crippen LogP contribution in [0.25, 0.3) is 21.5 Å². The molecule has 0 saturated heterocycles. The lowest BCUT2D eigenvalue weighted by Crippen LogP contribution is -2.26. The molecule has 1 aliphatic carbocycles. The van der Waals surface area contributed by atoms with Crippen molar-refractivity contribution < 1.29 is 33.3 Å². The third-order valence-corrected chi connectivity index (χ3v) is 8.68. The summed E-state index contributed by atoms with van der Waals surface area (Å²) in [6.45, 7) is 7.63. The van der Waals surface area contributed by atoms with E-state index >= 15 is 0 Å². The van der Waals surface area contributed by atoms with Crippen LogP contribution in [0, 0.1) is 0 Å². The van der Waals surface area contributed by atoms with Gasteiger partial charge >= 0.3 is 11.9 Å². The van der Waals surface area contributed by atoms with Crippen LogP contribution < -0.4 is 14.2 Å². The number of ether oxygens (including phenoxy) is 5. The molecule has 0 spiro atoms. The van der Waals surface area contributed by atoms with Gasteiger partial charge in [0.05, 0.1) is 7.11 Å². The van der Waals surface area contributed by atoms with Gasteiger partial charge in [0.1, 0.15) is 43.7 Å². The number of fused-ring (bicyclic) bond motifs is 3. The van der Waals surface area contributed by atoms with Crippen molar-refractivity contribution in [2.45, 2.75) is 18.3 Å². The third-order valence-electron chi connectivity index (χ3n) is 8.68. The van der Waals surface area contributed by atoms with E-state index in [1.165, 1.54) is 22.3 Å². The molecule has 6 rings (SSSR count). The molecule has 5 aromatic carbocycles. The van der Waals surface area contributed by atoms with Gasteiger partial charge in [0, 0.05) is 17.6 Å². The van der Waals surface area contributed by atoms with Gasteiger partial charge < -0.3 is 23.7 Å². The summed E-state index contributed by atoms with van der Waals surface area (Å²) in [5.74, 6) is 1.32. The highest BCUT2D eigenvalue weighted by Crippen LogP contribution is 2.51. The predicted octanol–water partition coefficient (Wildman–Crippen LogP) is 7.50. The fourth-order valence-electron chi connectivity index (χ4n) is 6.40. The quantitative estimate of drug-likeness (QED) is 0.0759. The highest BCUT2D eigenvalue weighted by molar-refractivity contribution is 5.87. The van der Waals surface area contributed by atoms with Gasteiger partial charge in [-0.1, -0.05) is 55.6 Å². The normalized spacial score (nSPS) is 13.0. The molecule has 1 aliphatic rings. The van der Waals surface area contributed by atoms with Crippen LogP contribution in [-0.4, -0.2) is 45.5 Å². The van der Waals surface area contributed by atoms with E-state index in [4.69, 9.17) is 23.7 Å². The molecule has 0 saturated carbocycles. The number of rotatable bonds is 13. The summed E-state index contributed by atoms with van der Waals surface area (Å²) >= 11 is 0. The topological polar surface area (TPSA) is 80.3 Å². The first-order chi connectivity index (χ1) is 22.9. The first kappa shape index (κ1) is 31.4. The van der Waals surface area contributed by atoms with Crippen LogP contribution in [0.2, 0.25) is 0 Å². The van der Waals surface area contributed by atoms with Crippen LogP contribution >= 0.6 is 0 Å². The summed E-state index contributed by atoms with van der Waals surface area (Å²) in [6.07, 6.45) is 4.14. The zero-order chi connectivity index (χ0) is 32.8. The smallest absolute Gasteiger partial charge is 0.330 e. The van der Waals surface area contributed by atoms with Crippen LogP contribution in [0.15, 0.2) is 116 Å². The molecule has 7 nitrogen and oxygen atoms in total. The van der Waals surface area contributed by atoms with Crippen molar-refractivity contribution in [3.63, 3.8) is 0 Å². The Hall–Kier alpha value is -5.56. The van der Waals surface area contributed by atoms with Crippen LogP contribution in [0.4, 0.5) is 0 Å². The molecule has 0 amide bonds. The van der Waals surface area contributed by atoms with Crippen molar-refractivity contribution in [3.8, 4) is 17.2 Å². The molecular weight excluding hydrogens is 592 g/mol. The van der Waals surface area contributed by atoms with E-state index in [0.29, 0.717) is 11.5 Å². The molecule has 0 aliphatic heterocycles. The fourth-order valence-corrected chi connectivity index (χ4v) is 6.40. The van der Waals surface area contributed by atoms with E-state index in [1.807, 2.05) is 30.3 Å². The number of aryl methyl sites for hydroxylation is 1. The monoisotopic (exact) mass is 628 g/mol. The van der Waals surface area contributed by atoms with Gasteiger partial charge in [-0.25, -0.2) is 9.59 Å². The van der Waals surface area contributed by atoms with Gasteiger partial charge in [0.25, 0.3) is 0 Å². The van der Waals surface area contributed by atoms with Crippen molar-refractivity contribution in [3.05, 3.63) is 139 Å². The molecule has 0 bridgehead atoms. The summed E-state index contributed by atoms with van der Waals surface area (Å²) in [4.78, 5) is 22.6. The minimum Gasteiger partial charge on any atom is -0.497 e. The molecule has 5 aromatic rings. The molecule has 47 heavy (non-hydrogen) atoms. The van der Waals surface area contributed by atoms with Crippen LogP contribution in [-0.2, 0) is 30.9 Å². The van der Waals surface area contributed by atoms with Gasteiger partial charge in [-0.3, -0.25) is 0 Å². The minimum atomic E-state index is -0.467. The van der Waals surface area contributed by atoms with Crippen molar-refractivity contribution >= 4 is 33.5 Å². The van der Waals surface area contributed by atoms with Crippen LogP contribution in [0.3, 0.4) is 0 Å².